The van der Waals surface area contributed by atoms with Crippen molar-refractivity contribution in [2.24, 2.45) is 11.8 Å². The molecule has 6 nitrogen and oxygen atoms in total. The van der Waals surface area contributed by atoms with Crippen molar-refractivity contribution in [2.75, 3.05) is 14.2 Å². The Kier molecular flexibility index (Phi) is 10.6. The highest BCUT2D eigenvalue weighted by Crippen LogP contribution is 2.34. The van der Waals surface area contributed by atoms with E-state index in [0.717, 1.165) is 11.1 Å². The zero-order valence-corrected chi connectivity index (χ0v) is 28.8. The number of carbonyl (C=O) groups excluding carboxylic acids is 4. The number of carbonyl (C=O) groups is 4. The average Bonchev–Trinajstić information content (AvgIpc) is 3.05. The first-order valence-electron chi connectivity index (χ1n) is 15.8. The molecule has 0 N–H and O–H groups in total. The van der Waals surface area contributed by atoms with E-state index in [1.54, 1.807) is 74.5 Å². The van der Waals surface area contributed by atoms with Crippen LogP contribution < -0.4 is 9.47 Å². The first kappa shape index (κ1) is 35.0. The summed E-state index contributed by atoms with van der Waals surface area (Å²) in [6.07, 6.45) is 0. The van der Waals surface area contributed by atoms with Crippen molar-refractivity contribution in [1.82, 2.24) is 0 Å². The van der Waals surface area contributed by atoms with E-state index in [1.807, 2.05) is 58.9 Å². The van der Waals surface area contributed by atoms with Gasteiger partial charge < -0.3 is 9.47 Å². The van der Waals surface area contributed by atoms with Crippen molar-refractivity contribution < 1.29 is 28.7 Å². The summed E-state index contributed by atoms with van der Waals surface area (Å²) in [7, 11) is 3.04. The van der Waals surface area contributed by atoms with E-state index < -0.39 is 35.0 Å². The highest BCUT2D eigenvalue weighted by Gasteiger charge is 2.45. The first-order valence-corrected chi connectivity index (χ1v) is 15.8. The highest BCUT2D eigenvalue weighted by molar-refractivity contribution is 6.27. The first-order chi connectivity index (χ1) is 22.2. The van der Waals surface area contributed by atoms with E-state index in [2.05, 4.69) is 0 Å². The maximum atomic E-state index is 14.9. The summed E-state index contributed by atoms with van der Waals surface area (Å²) in [6.45, 7) is 13.7. The molecule has 244 valence electrons. The third-order valence-corrected chi connectivity index (χ3v) is 8.78. The Morgan fingerprint density at radius 2 is 0.957 bits per heavy atom. The Hall–Kier alpha value is -4.84. The molecule has 0 bridgehead atoms. The SMILES string of the molecule is COc1ccc(C(=O)C(C(=O)c2cc(C(C)C)ccc2C)C(C(=O)c2ccc(OC)cc2)C(=O)c2cc(C(C)(C)C)ccc2C)cc1. The van der Waals surface area contributed by atoms with Crippen LogP contribution in [0.5, 0.6) is 11.5 Å². The molecule has 0 saturated carbocycles. The molecule has 0 aliphatic carbocycles. The van der Waals surface area contributed by atoms with Crippen LogP contribution in [-0.4, -0.2) is 37.4 Å². The van der Waals surface area contributed by atoms with Crippen LogP contribution in [0, 0.1) is 25.7 Å². The van der Waals surface area contributed by atoms with Crippen LogP contribution in [0.3, 0.4) is 0 Å². The summed E-state index contributed by atoms with van der Waals surface area (Å²) in [4.78, 5) is 59.0. The van der Waals surface area contributed by atoms with Crippen molar-refractivity contribution in [3.05, 3.63) is 129 Å². The van der Waals surface area contributed by atoms with Gasteiger partial charge in [-0.15, -0.1) is 0 Å². The van der Waals surface area contributed by atoms with Gasteiger partial charge in [-0.3, -0.25) is 19.2 Å². The number of methoxy groups -OCH3 is 2. The number of ketones is 4. The van der Waals surface area contributed by atoms with Gasteiger partial charge in [0.1, 0.15) is 23.3 Å². The Balaban J connectivity index is 2.01. The van der Waals surface area contributed by atoms with Crippen molar-refractivity contribution in [2.45, 2.75) is 59.8 Å². The lowest BCUT2D eigenvalue weighted by Gasteiger charge is -2.26. The topological polar surface area (TPSA) is 86.7 Å². The summed E-state index contributed by atoms with van der Waals surface area (Å²) >= 11 is 0. The zero-order chi connectivity index (χ0) is 34.6. The van der Waals surface area contributed by atoms with Crippen LogP contribution in [0.4, 0.5) is 0 Å². The standard InChI is InChI=1S/C41H44O6/c1-24(2)29-12-10-25(3)33(22-29)39(44)35(37(42)27-13-18-31(46-8)19-14-27)36(38(43)28-15-20-32(47-9)21-16-28)40(45)34-23-30(41(5,6)7)17-11-26(34)4/h10-24,35-36H,1-9H3. The average molecular weight is 633 g/mol. The monoisotopic (exact) mass is 632 g/mol. The minimum Gasteiger partial charge on any atom is -0.497 e. The van der Waals surface area contributed by atoms with Gasteiger partial charge in [0.25, 0.3) is 0 Å². The number of hydrogen-bond donors (Lipinski definition) is 0. The second kappa shape index (κ2) is 14.3. The lowest BCUT2D eigenvalue weighted by molar-refractivity contribution is 0.0624. The molecule has 0 amide bonds. The van der Waals surface area contributed by atoms with Crippen LogP contribution in [0.25, 0.3) is 0 Å². The Labute approximate surface area is 278 Å². The molecule has 0 radical (unpaired) electrons. The molecule has 0 fully saturated rings. The third kappa shape index (κ3) is 7.60. The van der Waals surface area contributed by atoms with Gasteiger partial charge in [0.15, 0.2) is 23.1 Å². The molecule has 2 atom stereocenters. The second-order valence-electron chi connectivity index (χ2n) is 13.4. The molecule has 0 aliphatic heterocycles. The van der Waals surface area contributed by atoms with Gasteiger partial charge in [-0.1, -0.05) is 58.9 Å². The number of ether oxygens (including phenoxy) is 2. The fraction of sp³-hybridized carbons (Fsp3) is 0.317. The lowest BCUT2D eigenvalue weighted by atomic mass is 9.72. The number of rotatable bonds is 12. The summed E-state index contributed by atoms with van der Waals surface area (Å²) < 4.78 is 10.6. The van der Waals surface area contributed by atoms with E-state index in [4.69, 9.17) is 9.47 Å². The maximum Gasteiger partial charge on any atom is 0.175 e. The molecule has 4 aromatic rings. The zero-order valence-electron chi connectivity index (χ0n) is 28.8. The largest absolute Gasteiger partial charge is 0.497 e. The van der Waals surface area contributed by atoms with Gasteiger partial charge >= 0.3 is 0 Å². The highest BCUT2D eigenvalue weighted by atomic mass is 16.5. The Morgan fingerprint density at radius 3 is 1.34 bits per heavy atom. The van der Waals surface area contributed by atoms with E-state index >= 15 is 0 Å². The van der Waals surface area contributed by atoms with Crippen molar-refractivity contribution >= 4 is 23.1 Å². The normalized spacial score (nSPS) is 12.7. The quantitative estimate of drug-likeness (QED) is 0.115. The van der Waals surface area contributed by atoms with Crippen LogP contribution >= 0.6 is 0 Å². The molecule has 0 spiro atoms. The van der Waals surface area contributed by atoms with Gasteiger partial charge in [0, 0.05) is 22.3 Å². The summed E-state index contributed by atoms with van der Waals surface area (Å²) in [5.74, 6) is -4.48. The molecule has 0 saturated heterocycles. The molecule has 0 aromatic heterocycles. The molecular formula is C41H44O6. The molecule has 47 heavy (non-hydrogen) atoms. The predicted octanol–water partition coefficient (Wildman–Crippen LogP) is 8.81. The van der Waals surface area contributed by atoms with Gasteiger partial charge in [0.2, 0.25) is 0 Å². The summed E-state index contributed by atoms with van der Waals surface area (Å²) in [5.41, 5.74) is 3.82. The summed E-state index contributed by atoms with van der Waals surface area (Å²) in [6, 6.07) is 23.9. The number of hydrogen-bond acceptors (Lipinski definition) is 6. The van der Waals surface area contributed by atoms with Gasteiger partial charge in [-0.25, -0.2) is 0 Å². The molecular weight excluding hydrogens is 588 g/mol. The predicted molar refractivity (Wildman–Crippen MR) is 185 cm³/mol. The minimum atomic E-state index is -1.64. The van der Waals surface area contributed by atoms with Crippen LogP contribution in [0.1, 0.15) is 104 Å². The fourth-order valence-electron chi connectivity index (χ4n) is 5.67. The molecule has 4 aromatic carbocycles. The maximum absolute atomic E-state index is 14.9. The second-order valence-corrected chi connectivity index (χ2v) is 13.4. The van der Waals surface area contributed by atoms with Gasteiger partial charge in [-0.2, -0.15) is 0 Å². The summed E-state index contributed by atoms with van der Waals surface area (Å²) in [5, 5.41) is 0. The van der Waals surface area contributed by atoms with Crippen LogP contribution in [0.15, 0.2) is 84.9 Å². The van der Waals surface area contributed by atoms with Gasteiger partial charge in [0.05, 0.1) is 14.2 Å². The van der Waals surface area contributed by atoms with Crippen LogP contribution in [0.2, 0.25) is 0 Å². The molecule has 0 aliphatic rings. The smallest absolute Gasteiger partial charge is 0.175 e. The number of aryl methyl sites for hydroxylation is 2. The molecule has 4 rings (SSSR count). The third-order valence-electron chi connectivity index (χ3n) is 8.78. The minimum absolute atomic E-state index is 0.110. The van der Waals surface area contributed by atoms with Gasteiger partial charge in [-0.05, 0) is 108 Å². The number of benzene rings is 4. The number of Topliss-reactive ketones (excluding diaryl/α,β-unsaturated/α-hetero) is 4. The molecule has 6 heteroatoms. The Morgan fingerprint density at radius 1 is 0.553 bits per heavy atom. The van der Waals surface area contributed by atoms with E-state index in [9.17, 15) is 19.2 Å². The van der Waals surface area contributed by atoms with Crippen molar-refractivity contribution in [1.29, 1.82) is 0 Å². The van der Waals surface area contributed by atoms with E-state index in [-0.39, 0.29) is 22.5 Å². The lowest BCUT2D eigenvalue weighted by Crippen LogP contribution is -2.41. The fourth-order valence-corrected chi connectivity index (χ4v) is 5.67. The van der Waals surface area contributed by atoms with Crippen molar-refractivity contribution in [3.63, 3.8) is 0 Å². The Bertz CT molecular complexity index is 1790. The van der Waals surface area contributed by atoms with Crippen LogP contribution in [-0.2, 0) is 5.41 Å². The molecule has 0 heterocycles. The van der Waals surface area contributed by atoms with E-state index in [0.29, 0.717) is 33.8 Å². The van der Waals surface area contributed by atoms with E-state index in [1.165, 1.54) is 14.2 Å². The molecule has 2 unspecified atom stereocenters. The van der Waals surface area contributed by atoms with Crippen molar-refractivity contribution in [3.8, 4) is 11.5 Å².